The maximum absolute atomic E-state index is 12.3. The lowest BCUT2D eigenvalue weighted by atomic mass is 9.82. The predicted molar refractivity (Wildman–Crippen MR) is 80.6 cm³/mol. The van der Waals surface area contributed by atoms with E-state index in [-0.39, 0.29) is 5.56 Å². The van der Waals surface area contributed by atoms with Crippen LogP contribution in [0.4, 0.5) is 0 Å². The maximum atomic E-state index is 12.3. The average molecular weight is 276 g/mol. The molecule has 2 N–H and O–H groups in total. The minimum absolute atomic E-state index is 0.174. The first-order valence-corrected chi connectivity index (χ1v) is 7.92. The van der Waals surface area contributed by atoms with Crippen molar-refractivity contribution in [3.63, 3.8) is 0 Å². The quantitative estimate of drug-likeness (QED) is 0.937. The number of pyridine rings is 1. The Morgan fingerprint density at radius 1 is 1.21 bits per heavy atom. The maximum Gasteiger partial charge on any atom is 0.268 e. The highest BCUT2D eigenvalue weighted by atomic mass is 32.1. The van der Waals surface area contributed by atoms with Crippen molar-refractivity contribution in [2.45, 2.75) is 32.2 Å². The normalized spacial score (nSPS) is 23.8. The van der Waals surface area contributed by atoms with Gasteiger partial charge in [-0.1, -0.05) is 0 Å². The van der Waals surface area contributed by atoms with Gasteiger partial charge in [-0.05, 0) is 67.0 Å². The summed E-state index contributed by atoms with van der Waals surface area (Å²) in [5.74, 6) is 1.34. The van der Waals surface area contributed by atoms with E-state index in [4.69, 9.17) is 5.73 Å². The molecule has 1 aliphatic carbocycles. The number of aromatic nitrogens is 1. The molecular weight excluding hydrogens is 256 g/mol. The Kier molecular flexibility index (Phi) is 3.71. The summed E-state index contributed by atoms with van der Waals surface area (Å²) < 4.78 is 2.78. The third kappa shape index (κ3) is 2.60. The predicted octanol–water partition coefficient (Wildman–Crippen LogP) is 2.83. The van der Waals surface area contributed by atoms with Crippen LogP contribution in [-0.4, -0.2) is 11.1 Å². The van der Waals surface area contributed by atoms with E-state index in [9.17, 15) is 4.79 Å². The standard InChI is InChI=1S/C15H20N2OS/c16-9-11-1-3-12(4-2-11)10-17-7-5-13-6-8-19-14(13)15(17)18/h5-8,11-12H,1-4,9-10,16H2. The molecule has 1 saturated carbocycles. The van der Waals surface area contributed by atoms with Crippen LogP contribution in [0.15, 0.2) is 28.5 Å². The summed E-state index contributed by atoms with van der Waals surface area (Å²) in [5, 5.41) is 3.06. The van der Waals surface area contributed by atoms with E-state index in [1.807, 2.05) is 22.2 Å². The van der Waals surface area contributed by atoms with Gasteiger partial charge in [-0.25, -0.2) is 0 Å². The Morgan fingerprint density at radius 3 is 2.68 bits per heavy atom. The molecule has 1 aliphatic rings. The molecule has 19 heavy (non-hydrogen) atoms. The van der Waals surface area contributed by atoms with Crippen LogP contribution >= 0.6 is 11.3 Å². The second kappa shape index (κ2) is 5.47. The Morgan fingerprint density at radius 2 is 1.95 bits per heavy atom. The zero-order valence-electron chi connectivity index (χ0n) is 11.0. The molecule has 0 atom stereocenters. The van der Waals surface area contributed by atoms with Crippen LogP contribution in [0.3, 0.4) is 0 Å². The fraction of sp³-hybridized carbons (Fsp3) is 0.533. The zero-order valence-corrected chi connectivity index (χ0v) is 11.9. The van der Waals surface area contributed by atoms with Crippen LogP contribution in [0.25, 0.3) is 10.1 Å². The number of hydrogen-bond donors (Lipinski definition) is 1. The van der Waals surface area contributed by atoms with Crippen LogP contribution in [0.2, 0.25) is 0 Å². The molecule has 1 fully saturated rings. The van der Waals surface area contributed by atoms with Gasteiger partial charge >= 0.3 is 0 Å². The molecule has 102 valence electrons. The van der Waals surface area contributed by atoms with E-state index in [1.165, 1.54) is 25.7 Å². The Bertz CT molecular complexity index is 608. The van der Waals surface area contributed by atoms with Crippen molar-refractivity contribution in [3.05, 3.63) is 34.1 Å². The monoisotopic (exact) mass is 276 g/mol. The van der Waals surface area contributed by atoms with Crippen molar-refractivity contribution < 1.29 is 0 Å². The Hall–Kier alpha value is -1.13. The van der Waals surface area contributed by atoms with Crippen molar-refractivity contribution in [2.75, 3.05) is 6.54 Å². The van der Waals surface area contributed by atoms with E-state index in [0.29, 0.717) is 11.8 Å². The highest BCUT2D eigenvalue weighted by molar-refractivity contribution is 7.17. The van der Waals surface area contributed by atoms with Gasteiger partial charge in [0, 0.05) is 12.7 Å². The van der Waals surface area contributed by atoms with Gasteiger partial charge in [0.25, 0.3) is 5.56 Å². The molecule has 0 unspecified atom stereocenters. The molecular formula is C15H20N2OS. The minimum Gasteiger partial charge on any atom is -0.330 e. The van der Waals surface area contributed by atoms with E-state index in [1.54, 1.807) is 11.3 Å². The van der Waals surface area contributed by atoms with E-state index < -0.39 is 0 Å². The van der Waals surface area contributed by atoms with E-state index >= 15 is 0 Å². The zero-order chi connectivity index (χ0) is 13.2. The van der Waals surface area contributed by atoms with Crippen LogP contribution < -0.4 is 11.3 Å². The second-order valence-corrected chi connectivity index (χ2v) is 6.52. The van der Waals surface area contributed by atoms with Crippen molar-refractivity contribution in [1.29, 1.82) is 0 Å². The lowest BCUT2D eigenvalue weighted by Crippen LogP contribution is -2.27. The topological polar surface area (TPSA) is 48.0 Å². The molecule has 0 bridgehead atoms. The molecule has 2 heterocycles. The molecule has 2 aromatic heterocycles. The number of hydrogen-bond acceptors (Lipinski definition) is 3. The molecule has 0 spiro atoms. The van der Waals surface area contributed by atoms with Gasteiger partial charge < -0.3 is 10.3 Å². The summed E-state index contributed by atoms with van der Waals surface area (Å²) in [7, 11) is 0. The van der Waals surface area contributed by atoms with Gasteiger partial charge in [-0.3, -0.25) is 4.79 Å². The van der Waals surface area contributed by atoms with E-state index in [0.717, 1.165) is 23.2 Å². The van der Waals surface area contributed by atoms with Gasteiger partial charge in [0.2, 0.25) is 0 Å². The highest BCUT2D eigenvalue weighted by Crippen LogP contribution is 2.29. The van der Waals surface area contributed by atoms with Crippen LogP contribution in [-0.2, 0) is 6.54 Å². The second-order valence-electron chi connectivity index (χ2n) is 5.60. The first-order chi connectivity index (χ1) is 9.28. The molecule has 0 aromatic carbocycles. The van der Waals surface area contributed by atoms with Crippen molar-refractivity contribution in [2.24, 2.45) is 17.6 Å². The summed E-state index contributed by atoms with van der Waals surface area (Å²) in [6, 6.07) is 4.07. The fourth-order valence-electron chi connectivity index (χ4n) is 3.06. The first-order valence-electron chi connectivity index (χ1n) is 7.04. The van der Waals surface area contributed by atoms with Crippen LogP contribution in [0.1, 0.15) is 25.7 Å². The molecule has 0 aliphatic heterocycles. The van der Waals surface area contributed by atoms with Gasteiger partial charge in [0.15, 0.2) is 0 Å². The number of rotatable bonds is 3. The van der Waals surface area contributed by atoms with Gasteiger partial charge in [-0.2, -0.15) is 0 Å². The number of thiophene rings is 1. The highest BCUT2D eigenvalue weighted by Gasteiger charge is 2.20. The van der Waals surface area contributed by atoms with E-state index in [2.05, 4.69) is 6.07 Å². The largest absolute Gasteiger partial charge is 0.330 e. The SMILES string of the molecule is NCC1CCC(Cn2ccc3ccsc3c2=O)CC1. The summed E-state index contributed by atoms with van der Waals surface area (Å²) in [6.07, 6.45) is 6.80. The number of nitrogens with zero attached hydrogens (tertiary/aromatic N) is 1. The van der Waals surface area contributed by atoms with Gasteiger partial charge in [0.1, 0.15) is 0 Å². The summed E-state index contributed by atoms with van der Waals surface area (Å²) in [4.78, 5) is 12.3. The third-order valence-corrected chi connectivity index (χ3v) is 5.26. The molecule has 3 rings (SSSR count). The molecule has 4 heteroatoms. The molecule has 2 aromatic rings. The number of fused-ring (bicyclic) bond motifs is 1. The lowest BCUT2D eigenvalue weighted by Gasteiger charge is -2.28. The van der Waals surface area contributed by atoms with Gasteiger partial charge in [-0.15, -0.1) is 11.3 Å². The first kappa shape index (κ1) is 12.9. The van der Waals surface area contributed by atoms with Crippen molar-refractivity contribution in [3.8, 4) is 0 Å². The molecule has 0 amide bonds. The van der Waals surface area contributed by atoms with Gasteiger partial charge in [0.05, 0.1) is 4.70 Å². The smallest absolute Gasteiger partial charge is 0.268 e. The Labute approximate surface area is 117 Å². The van der Waals surface area contributed by atoms with Crippen LogP contribution in [0, 0.1) is 11.8 Å². The third-order valence-electron chi connectivity index (χ3n) is 4.34. The fourth-order valence-corrected chi connectivity index (χ4v) is 3.91. The van der Waals surface area contributed by atoms with Crippen molar-refractivity contribution in [1.82, 2.24) is 4.57 Å². The van der Waals surface area contributed by atoms with Crippen molar-refractivity contribution >= 4 is 21.4 Å². The minimum atomic E-state index is 0.174. The Balaban J connectivity index is 1.75. The molecule has 0 saturated heterocycles. The van der Waals surface area contributed by atoms with Crippen LogP contribution in [0.5, 0.6) is 0 Å². The average Bonchev–Trinajstić information content (AvgIpc) is 2.92. The summed E-state index contributed by atoms with van der Waals surface area (Å²) in [6.45, 7) is 1.68. The molecule has 3 nitrogen and oxygen atoms in total. The molecule has 0 radical (unpaired) electrons. The summed E-state index contributed by atoms with van der Waals surface area (Å²) >= 11 is 1.54. The number of nitrogens with two attached hydrogens (primary N) is 1. The lowest BCUT2D eigenvalue weighted by molar-refractivity contribution is 0.255. The summed E-state index contributed by atoms with van der Waals surface area (Å²) in [5.41, 5.74) is 5.90.